The van der Waals surface area contributed by atoms with E-state index < -0.39 is 6.10 Å². The quantitative estimate of drug-likeness (QED) is 0.914. The summed E-state index contributed by atoms with van der Waals surface area (Å²) in [4.78, 5) is 14.0. The zero-order valence-electron chi connectivity index (χ0n) is 11.1. The highest BCUT2D eigenvalue weighted by Gasteiger charge is 2.22. The van der Waals surface area contributed by atoms with Crippen LogP contribution in [0.3, 0.4) is 0 Å². The van der Waals surface area contributed by atoms with E-state index in [1.165, 1.54) is 0 Å². The van der Waals surface area contributed by atoms with Gasteiger partial charge in [-0.05, 0) is 18.6 Å². The van der Waals surface area contributed by atoms with Gasteiger partial charge in [-0.3, -0.25) is 4.79 Å². The minimum Gasteiger partial charge on any atom is -0.364 e. The normalized spacial score (nSPS) is 17.3. The number of nitrogens with zero attached hydrogens (tertiary/aromatic N) is 1. The maximum atomic E-state index is 12.1. The van der Waals surface area contributed by atoms with E-state index in [-0.39, 0.29) is 5.91 Å². The van der Waals surface area contributed by atoms with Gasteiger partial charge in [0.1, 0.15) is 6.10 Å². The molecule has 2 rings (SSSR count). The molecular weight excluding hydrogens is 264 g/mol. The SMILES string of the molecule is CC(OCc1ccccc1Cl)C(=O)N1CCNCC1. The fourth-order valence-corrected chi connectivity index (χ4v) is 2.23. The summed E-state index contributed by atoms with van der Waals surface area (Å²) in [5, 5.41) is 3.89. The van der Waals surface area contributed by atoms with Crippen LogP contribution in [0.15, 0.2) is 24.3 Å². The van der Waals surface area contributed by atoms with Crippen LogP contribution in [0.4, 0.5) is 0 Å². The van der Waals surface area contributed by atoms with Crippen molar-refractivity contribution in [3.05, 3.63) is 34.9 Å². The van der Waals surface area contributed by atoms with E-state index in [0.717, 1.165) is 31.7 Å². The zero-order chi connectivity index (χ0) is 13.7. The summed E-state index contributed by atoms with van der Waals surface area (Å²) in [5.74, 6) is 0.0496. The predicted molar refractivity (Wildman–Crippen MR) is 75.2 cm³/mol. The van der Waals surface area contributed by atoms with Crippen molar-refractivity contribution in [1.82, 2.24) is 10.2 Å². The minimum atomic E-state index is -0.436. The van der Waals surface area contributed by atoms with Gasteiger partial charge in [-0.1, -0.05) is 29.8 Å². The lowest BCUT2D eigenvalue weighted by atomic mass is 10.2. The van der Waals surface area contributed by atoms with E-state index in [2.05, 4.69) is 5.32 Å². The number of nitrogens with one attached hydrogen (secondary N) is 1. The van der Waals surface area contributed by atoms with Crippen molar-refractivity contribution in [2.75, 3.05) is 26.2 Å². The van der Waals surface area contributed by atoms with Gasteiger partial charge in [-0.15, -0.1) is 0 Å². The molecule has 0 aliphatic carbocycles. The van der Waals surface area contributed by atoms with Crippen molar-refractivity contribution in [3.63, 3.8) is 0 Å². The highest BCUT2D eigenvalue weighted by molar-refractivity contribution is 6.31. The van der Waals surface area contributed by atoms with Crippen LogP contribution in [-0.4, -0.2) is 43.1 Å². The van der Waals surface area contributed by atoms with Gasteiger partial charge in [0.2, 0.25) is 0 Å². The van der Waals surface area contributed by atoms with Gasteiger partial charge in [0.05, 0.1) is 6.61 Å². The van der Waals surface area contributed by atoms with Crippen LogP contribution < -0.4 is 5.32 Å². The van der Waals surface area contributed by atoms with Gasteiger partial charge in [-0.2, -0.15) is 0 Å². The van der Waals surface area contributed by atoms with E-state index in [0.29, 0.717) is 11.6 Å². The Balaban J connectivity index is 1.85. The lowest BCUT2D eigenvalue weighted by Crippen LogP contribution is -2.49. The summed E-state index contributed by atoms with van der Waals surface area (Å²) in [6.45, 7) is 5.35. The van der Waals surface area contributed by atoms with Crippen LogP contribution in [-0.2, 0) is 16.1 Å². The van der Waals surface area contributed by atoms with E-state index >= 15 is 0 Å². The number of carbonyl (C=O) groups is 1. The molecule has 1 aromatic rings. The number of hydrogen-bond acceptors (Lipinski definition) is 3. The number of amides is 1. The summed E-state index contributed by atoms with van der Waals surface area (Å²) in [6.07, 6.45) is -0.436. The average Bonchev–Trinajstić information content (AvgIpc) is 2.46. The molecule has 1 heterocycles. The third-order valence-corrected chi connectivity index (χ3v) is 3.59. The molecule has 0 saturated carbocycles. The van der Waals surface area contributed by atoms with Crippen LogP contribution in [0.2, 0.25) is 5.02 Å². The van der Waals surface area contributed by atoms with Gasteiger partial charge in [0.15, 0.2) is 0 Å². The molecule has 1 aliphatic rings. The Kier molecular flexibility index (Phi) is 5.19. The molecule has 1 aliphatic heterocycles. The molecule has 0 bridgehead atoms. The van der Waals surface area contributed by atoms with Gasteiger partial charge >= 0.3 is 0 Å². The molecule has 1 amide bonds. The maximum absolute atomic E-state index is 12.1. The van der Waals surface area contributed by atoms with Gasteiger partial charge < -0.3 is 15.0 Å². The van der Waals surface area contributed by atoms with Crippen molar-refractivity contribution in [1.29, 1.82) is 0 Å². The third-order valence-electron chi connectivity index (χ3n) is 3.22. The second-order valence-corrected chi connectivity index (χ2v) is 5.03. The molecule has 1 fully saturated rings. The van der Waals surface area contributed by atoms with Crippen molar-refractivity contribution in [2.24, 2.45) is 0 Å². The smallest absolute Gasteiger partial charge is 0.251 e. The lowest BCUT2D eigenvalue weighted by Gasteiger charge is -2.29. The Bertz CT molecular complexity index is 433. The molecular formula is C14H19ClN2O2. The summed E-state index contributed by atoms with van der Waals surface area (Å²) in [6, 6.07) is 7.52. The van der Waals surface area contributed by atoms with Crippen molar-refractivity contribution >= 4 is 17.5 Å². The number of ether oxygens (including phenoxy) is 1. The molecule has 1 N–H and O–H groups in total. The van der Waals surface area contributed by atoms with Crippen LogP contribution >= 0.6 is 11.6 Å². The standard InChI is InChI=1S/C14H19ClN2O2/c1-11(14(18)17-8-6-16-7-9-17)19-10-12-4-2-3-5-13(12)15/h2-5,11,16H,6-10H2,1H3. The number of benzene rings is 1. The molecule has 0 spiro atoms. The highest BCUT2D eigenvalue weighted by atomic mass is 35.5. The zero-order valence-corrected chi connectivity index (χ0v) is 11.8. The fraction of sp³-hybridized carbons (Fsp3) is 0.500. The number of halogens is 1. The first-order valence-electron chi connectivity index (χ1n) is 6.53. The first-order valence-corrected chi connectivity index (χ1v) is 6.91. The van der Waals surface area contributed by atoms with Gasteiger partial charge in [0.25, 0.3) is 5.91 Å². The molecule has 4 nitrogen and oxygen atoms in total. The van der Waals surface area contributed by atoms with Crippen molar-refractivity contribution in [2.45, 2.75) is 19.6 Å². The monoisotopic (exact) mass is 282 g/mol. The van der Waals surface area contributed by atoms with Crippen LogP contribution in [0.25, 0.3) is 0 Å². The number of carbonyl (C=O) groups excluding carboxylic acids is 1. The van der Waals surface area contributed by atoms with Crippen LogP contribution in [0, 0.1) is 0 Å². The molecule has 1 atom stereocenters. The van der Waals surface area contributed by atoms with Crippen molar-refractivity contribution in [3.8, 4) is 0 Å². The second kappa shape index (κ2) is 6.89. The van der Waals surface area contributed by atoms with E-state index in [1.807, 2.05) is 29.2 Å². The van der Waals surface area contributed by atoms with E-state index in [1.54, 1.807) is 6.92 Å². The fourth-order valence-electron chi connectivity index (χ4n) is 2.04. The van der Waals surface area contributed by atoms with Crippen molar-refractivity contribution < 1.29 is 9.53 Å². The summed E-state index contributed by atoms with van der Waals surface area (Å²) in [7, 11) is 0. The Labute approximate surface area is 118 Å². The van der Waals surface area contributed by atoms with E-state index in [4.69, 9.17) is 16.3 Å². The molecule has 19 heavy (non-hydrogen) atoms. The van der Waals surface area contributed by atoms with Crippen LogP contribution in [0.1, 0.15) is 12.5 Å². The number of piperazine rings is 1. The molecule has 104 valence electrons. The van der Waals surface area contributed by atoms with Crippen LogP contribution in [0.5, 0.6) is 0 Å². The highest BCUT2D eigenvalue weighted by Crippen LogP contribution is 2.16. The molecule has 1 aromatic carbocycles. The Morgan fingerprint density at radius 1 is 1.42 bits per heavy atom. The number of rotatable bonds is 4. The Morgan fingerprint density at radius 2 is 2.11 bits per heavy atom. The topological polar surface area (TPSA) is 41.6 Å². The third kappa shape index (κ3) is 3.93. The molecule has 5 heteroatoms. The summed E-state index contributed by atoms with van der Waals surface area (Å²) < 4.78 is 5.63. The largest absolute Gasteiger partial charge is 0.364 e. The average molecular weight is 283 g/mol. The summed E-state index contributed by atoms with van der Waals surface area (Å²) >= 11 is 6.05. The first-order chi connectivity index (χ1) is 9.18. The molecule has 1 unspecified atom stereocenters. The second-order valence-electron chi connectivity index (χ2n) is 4.62. The van der Waals surface area contributed by atoms with E-state index in [9.17, 15) is 4.79 Å². The molecule has 0 aromatic heterocycles. The summed E-state index contributed by atoms with van der Waals surface area (Å²) in [5.41, 5.74) is 0.907. The molecule has 0 radical (unpaired) electrons. The van der Waals surface area contributed by atoms with Gasteiger partial charge in [-0.25, -0.2) is 0 Å². The first kappa shape index (κ1) is 14.3. The van der Waals surface area contributed by atoms with Gasteiger partial charge in [0, 0.05) is 31.2 Å². The molecule has 1 saturated heterocycles. The number of hydrogen-bond donors (Lipinski definition) is 1. The Morgan fingerprint density at radius 3 is 2.79 bits per heavy atom. The maximum Gasteiger partial charge on any atom is 0.251 e. The lowest BCUT2D eigenvalue weighted by molar-refractivity contribution is -0.144. The minimum absolute atomic E-state index is 0.0496. The Hall–Kier alpha value is -1.10. The predicted octanol–water partition coefficient (Wildman–Crippen LogP) is 1.68.